The van der Waals surface area contributed by atoms with Gasteiger partial charge >= 0.3 is 0 Å². The van der Waals surface area contributed by atoms with Gasteiger partial charge in [-0.25, -0.2) is 0 Å². The van der Waals surface area contributed by atoms with E-state index >= 15 is 0 Å². The van der Waals surface area contributed by atoms with Crippen molar-refractivity contribution in [2.45, 2.75) is 70.6 Å². The van der Waals surface area contributed by atoms with Crippen molar-refractivity contribution in [1.82, 2.24) is 4.98 Å². The molecule has 3 heteroatoms. The molecule has 1 heterocycles. The standard InChI is InChI=1S/C33H35NO2/c1-33-18-28(21-6-4-20(5-7-21)24-3-2-16-34-19-24)31-26-13-11-25(35)17-23(26)10-12-27(31)29(33)14-15-30(33)32(36)22-8-9-22/h2-7,16-17,19,22,27-30H,8-15,18H2,1H3/t27-,28+,29-,30+,33-/m0/s1. The summed E-state index contributed by atoms with van der Waals surface area (Å²) in [5, 5.41) is 0. The first-order valence-electron chi connectivity index (χ1n) is 14.0. The molecule has 0 amide bonds. The van der Waals surface area contributed by atoms with E-state index in [1.807, 2.05) is 24.5 Å². The Bertz CT molecular complexity index is 1280. The quantitative estimate of drug-likeness (QED) is 0.466. The van der Waals surface area contributed by atoms with E-state index in [1.165, 1.54) is 28.7 Å². The number of Topliss-reactive ketones (excluding diaryl/α,β-unsaturated/α-hetero) is 1. The summed E-state index contributed by atoms with van der Waals surface area (Å²) >= 11 is 0. The van der Waals surface area contributed by atoms with Crippen molar-refractivity contribution in [3.05, 3.63) is 77.2 Å². The van der Waals surface area contributed by atoms with E-state index in [2.05, 4.69) is 42.2 Å². The molecule has 0 radical (unpaired) electrons. The molecule has 2 aromatic rings. The van der Waals surface area contributed by atoms with Crippen LogP contribution in [0.1, 0.15) is 76.2 Å². The molecule has 3 nitrogen and oxygen atoms in total. The minimum Gasteiger partial charge on any atom is -0.299 e. The molecule has 5 aliphatic rings. The second-order valence-corrected chi connectivity index (χ2v) is 12.3. The van der Waals surface area contributed by atoms with Gasteiger partial charge in [0, 0.05) is 36.6 Å². The second-order valence-electron chi connectivity index (χ2n) is 12.3. The molecule has 3 saturated carbocycles. The Morgan fingerprint density at radius 2 is 1.78 bits per heavy atom. The number of hydrogen-bond acceptors (Lipinski definition) is 3. The summed E-state index contributed by atoms with van der Waals surface area (Å²) in [6.07, 6.45) is 14.9. The molecule has 0 saturated heterocycles. The predicted octanol–water partition coefficient (Wildman–Crippen LogP) is 7.24. The number of hydrogen-bond donors (Lipinski definition) is 0. The lowest BCUT2D eigenvalue weighted by Gasteiger charge is -2.52. The summed E-state index contributed by atoms with van der Waals surface area (Å²) in [5.74, 6) is 2.90. The van der Waals surface area contributed by atoms with Crippen molar-refractivity contribution in [3.63, 3.8) is 0 Å². The van der Waals surface area contributed by atoms with Crippen molar-refractivity contribution < 1.29 is 9.59 Å². The van der Waals surface area contributed by atoms with Gasteiger partial charge in [0.2, 0.25) is 0 Å². The van der Waals surface area contributed by atoms with E-state index in [9.17, 15) is 9.59 Å². The summed E-state index contributed by atoms with van der Waals surface area (Å²) in [4.78, 5) is 30.0. The summed E-state index contributed by atoms with van der Waals surface area (Å²) < 4.78 is 0. The highest BCUT2D eigenvalue weighted by atomic mass is 16.1. The Hall–Kier alpha value is -2.81. The van der Waals surface area contributed by atoms with Crippen LogP contribution in [0.2, 0.25) is 0 Å². The van der Waals surface area contributed by atoms with Gasteiger partial charge in [0.25, 0.3) is 0 Å². The zero-order chi connectivity index (χ0) is 24.4. The maximum absolute atomic E-state index is 13.5. The number of ketones is 2. The first-order valence-corrected chi connectivity index (χ1v) is 14.0. The van der Waals surface area contributed by atoms with Gasteiger partial charge in [0.05, 0.1) is 0 Å². The summed E-state index contributed by atoms with van der Waals surface area (Å²) in [6, 6.07) is 13.2. The van der Waals surface area contributed by atoms with Gasteiger partial charge in [-0.2, -0.15) is 0 Å². The van der Waals surface area contributed by atoms with Gasteiger partial charge in [-0.05, 0) is 109 Å². The molecule has 0 N–H and O–H groups in total. The first-order chi connectivity index (χ1) is 17.5. The fourth-order valence-electron chi connectivity index (χ4n) is 8.52. The maximum atomic E-state index is 13.5. The van der Waals surface area contributed by atoms with E-state index in [4.69, 9.17) is 0 Å². The molecule has 0 aliphatic heterocycles. The third kappa shape index (κ3) is 3.49. The average Bonchev–Trinajstić information content (AvgIpc) is 3.70. The number of nitrogens with zero attached hydrogens (tertiary/aromatic N) is 1. The first kappa shape index (κ1) is 22.4. The van der Waals surface area contributed by atoms with Crippen LogP contribution in [0.15, 0.2) is 71.6 Å². The molecule has 0 unspecified atom stereocenters. The van der Waals surface area contributed by atoms with Crippen LogP contribution >= 0.6 is 0 Å². The molecule has 1 aromatic heterocycles. The number of carbonyl (C=O) groups excluding carboxylic acids is 2. The van der Waals surface area contributed by atoms with Crippen LogP contribution in [-0.2, 0) is 9.59 Å². The Labute approximate surface area is 214 Å². The maximum Gasteiger partial charge on any atom is 0.156 e. The van der Waals surface area contributed by atoms with E-state index < -0.39 is 0 Å². The van der Waals surface area contributed by atoms with E-state index in [0.29, 0.717) is 41.7 Å². The van der Waals surface area contributed by atoms with Gasteiger partial charge in [-0.3, -0.25) is 14.6 Å². The smallest absolute Gasteiger partial charge is 0.156 e. The van der Waals surface area contributed by atoms with Gasteiger partial charge < -0.3 is 0 Å². The second kappa shape index (κ2) is 8.36. The molecule has 3 fully saturated rings. The molecule has 0 bridgehead atoms. The molecule has 1 aromatic carbocycles. The minimum atomic E-state index is 0.0762. The lowest BCUT2D eigenvalue weighted by atomic mass is 9.51. The van der Waals surface area contributed by atoms with Gasteiger partial charge in [-0.15, -0.1) is 0 Å². The van der Waals surface area contributed by atoms with Gasteiger partial charge in [-0.1, -0.05) is 42.8 Å². The summed E-state index contributed by atoms with van der Waals surface area (Å²) in [6.45, 7) is 2.46. The largest absolute Gasteiger partial charge is 0.299 e. The Morgan fingerprint density at radius 1 is 0.944 bits per heavy atom. The molecule has 0 spiro atoms. The van der Waals surface area contributed by atoms with E-state index in [-0.39, 0.29) is 11.3 Å². The topological polar surface area (TPSA) is 47.0 Å². The minimum absolute atomic E-state index is 0.0762. The van der Waals surface area contributed by atoms with Crippen LogP contribution in [-0.4, -0.2) is 16.6 Å². The van der Waals surface area contributed by atoms with E-state index in [1.54, 1.807) is 5.57 Å². The zero-order valence-electron chi connectivity index (χ0n) is 21.2. The molecule has 36 heavy (non-hydrogen) atoms. The SMILES string of the molecule is C[C@]12C[C@H](c3ccc(-c4cccnc4)cc3)C3=C4CCC(=O)C=C4CC[C@H]3[C@@H]1CC[C@@H]2C(=O)C1CC1. The lowest BCUT2D eigenvalue weighted by Crippen LogP contribution is -2.45. The third-order valence-corrected chi connectivity index (χ3v) is 10.4. The van der Waals surface area contributed by atoms with Crippen molar-refractivity contribution in [1.29, 1.82) is 0 Å². The van der Waals surface area contributed by atoms with Crippen LogP contribution in [0.5, 0.6) is 0 Å². The van der Waals surface area contributed by atoms with Crippen molar-refractivity contribution in [3.8, 4) is 11.1 Å². The fraction of sp³-hybridized carbons (Fsp3) is 0.485. The molecule has 5 atom stereocenters. The van der Waals surface area contributed by atoms with Crippen LogP contribution < -0.4 is 0 Å². The number of fused-ring (bicyclic) bond motifs is 4. The summed E-state index contributed by atoms with van der Waals surface area (Å²) in [7, 11) is 0. The van der Waals surface area contributed by atoms with E-state index in [0.717, 1.165) is 50.5 Å². The Morgan fingerprint density at radius 3 is 2.53 bits per heavy atom. The van der Waals surface area contributed by atoms with Crippen molar-refractivity contribution in [2.75, 3.05) is 0 Å². The highest BCUT2D eigenvalue weighted by Gasteiger charge is 2.59. The monoisotopic (exact) mass is 477 g/mol. The Balaban J connectivity index is 1.33. The molecular weight excluding hydrogens is 442 g/mol. The number of aromatic nitrogens is 1. The van der Waals surface area contributed by atoms with Crippen molar-refractivity contribution in [2.24, 2.45) is 29.1 Å². The van der Waals surface area contributed by atoms with Crippen LogP contribution in [0, 0.1) is 29.1 Å². The van der Waals surface area contributed by atoms with Crippen molar-refractivity contribution >= 4 is 11.6 Å². The molecule has 5 aliphatic carbocycles. The lowest BCUT2D eigenvalue weighted by molar-refractivity contribution is -0.128. The highest BCUT2D eigenvalue weighted by Crippen LogP contribution is 2.66. The normalized spacial score (nSPS) is 33.5. The Kier molecular flexibility index (Phi) is 5.20. The highest BCUT2D eigenvalue weighted by molar-refractivity contribution is 5.93. The summed E-state index contributed by atoms with van der Waals surface area (Å²) in [5.41, 5.74) is 8.20. The predicted molar refractivity (Wildman–Crippen MR) is 141 cm³/mol. The molecule has 7 rings (SSSR count). The zero-order valence-corrected chi connectivity index (χ0v) is 21.2. The number of carbonyl (C=O) groups is 2. The molecule has 184 valence electrons. The van der Waals surface area contributed by atoms with Crippen LogP contribution in [0.4, 0.5) is 0 Å². The number of rotatable bonds is 4. The number of allylic oxidation sites excluding steroid dienone is 4. The number of pyridine rings is 1. The van der Waals surface area contributed by atoms with Crippen LogP contribution in [0.3, 0.4) is 0 Å². The average molecular weight is 478 g/mol. The fourth-order valence-corrected chi connectivity index (χ4v) is 8.52. The van der Waals surface area contributed by atoms with Crippen LogP contribution in [0.25, 0.3) is 11.1 Å². The molecular formula is C33H35NO2. The van der Waals surface area contributed by atoms with Gasteiger partial charge in [0.15, 0.2) is 5.78 Å². The number of benzene rings is 1. The van der Waals surface area contributed by atoms with Gasteiger partial charge in [0.1, 0.15) is 5.78 Å². The third-order valence-electron chi connectivity index (χ3n) is 10.4.